The fourth-order valence-corrected chi connectivity index (χ4v) is 6.11. The van der Waals surface area contributed by atoms with E-state index in [2.05, 4.69) is 4.72 Å². The standard InChI is InChI=1S/C25H30ClN7O5S/c1-14-11-33-22(28-24(14)31-12-17(23(27)35)21(34)13-31)10-19(29-33)20-5-3-4-8-32(20)25(36)16-9-15(26)6-7-18(16)30-39(2,37)38/h6-7,9-11,17,20-21,30,34H,3-5,8,12-13H2,1-2H3,(H2,27,35)/t17-,20-,21-/m0/s1. The SMILES string of the molecule is Cc1cn2nc([C@@H]3CCCCN3C(=O)c3cc(Cl)ccc3NS(C)(=O)=O)cc2nc1N1C[C@H](C(N)=O)[C@@H](O)C1. The molecule has 0 unspecified atom stereocenters. The lowest BCUT2D eigenvalue weighted by atomic mass is 9.98. The summed E-state index contributed by atoms with van der Waals surface area (Å²) in [6.07, 6.45) is 4.35. The van der Waals surface area contributed by atoms with Crippen LogP contribution in [0.2, 0.25) is 5.02 Å². The number of anilines is 2. The Morgan fingerprint density at radius 2 is 1.97 bits per heavy atom. The second-order valence-electron chi connectivity index (χ2n) is 10.2. The molecule has 0 aliphatic carbocycles. The maximum absolute atomic E-state index is 13.8. The average molecular weight is 576 g/mol. The van der Waals surface area contributed by atoms with E-state index in [0.717, 1.165) is 24.7 Å². The normalized spacial score (nSPS) is 21.9. The quantitative estimate of drug-likeness (QED) is 0.400. The van der Waals surface area contributed by atoms with Crippen LogP contribution < -0.4 is 15.4 Å². The molecule has 2 aliphatic heterocycles. The molecule has 4 heterocycles. The third-order valence-electron chi connectivity index (χ3n) is 7.19. The highest BCUT2D eigenvalue weighted by atomic mass is 35.5. The minimum atomic E-state index is -3.62. The number of aliphatic hydroxyl groups excluding tert-OH is 1. The van der Waals surface area contributed by atoms with Crippen LogP contribution in [0.3, 0.4) is 0 Å². The summed E-state index contributed by atoms with van der Waals surface area (Å²) in [4.78, 5) is 33.8. The number of halogens is 1. The number of aryl methyl sites for hydroxylation is 1. The second kappa shape index (κ2) is 10.3. The molecule has 12 nitrogen and oxygen atoms in total. The summed E-state index contributed by atoms with van der Waals surface area (Å²) in [6, 6.07) is 5.94. The van der Waals surface area contributed by atoms with Gasteiger partial charge >= 0.3 is 0 Å². The van der Waals surface area contributed by atoms with Gasteiger partial charge in [-0.2, -0.15) is 5.10 Å². The molecule has 3 aromatic rings. The molecule has 14 heteroatoms. The van der Waals surface area contributed by atoms with Crippen molar-refractivity contribution in [2.24, 2.45) is 11.7 Å². The number of benzene rings is 1. The number of aliphatic hydroxyl groups is 1. The highest BCUT2D eigenvalue weighted by molar-refractivity contribution is 7.92. The molecule has 2 saturated heterocycles. The van der Waals surface area contributed by atoms with Gasteiger partial charge in [-0.15, -0.1) is 0 Å². The highest BCUT2D eigenvalue weighted by Gasteiger charge is 2.37. The van der Waals surface area contributed by atoms with Crippen molar-refractivity contribution in [1.82, 2.24) is 19.5 Å². The highest BCUT2D eigenvalue weighted by Crippen LogP contribution is 2.34. The molecule has 2 amide bonds. The predicted molar refractivity (Wildman–Crippen MR) is 146 cm³/mol. The summed E-state index contributed by atoms with van der Waals surface area (Å²) >= 11 is 6.18. The smallest absolute Gasteiger partial charge is 0.256 e. The zero-order chi connectivity index (χ0) is 28.1. The number of likely N-dealkylation sites (tertiary alicyclic amines) is 1. The van der Waals surface area contributed by atoms with E-state index in [1.54, 1.807) is 9.42 Å². The number of nitrogens with zero attached hydrogens (tertiary/aromatic N) is 5. The maximum Gasteiger partial charge on any atom is 0.256 e. The van der Waals surface area contributed by atoms with Crippen molar-refractivity contribution < 1.29 is 23.1 Å². The first-order chi connectivity index (χ1) is 18.4. The molecule has 0 saturated carbocycles. The van der Waals surface area contributed by atoms with Gasteiger partial charge in [-0.05, 0) is 44.4 Å². The minimum absolute atomic E-state index is 0.162. The van der Waals surface area contributed by atoms with Crippen molar-refractivity contribution in [3.63, 3.8) is 0 Å². The lowest BCUT2D eigenvalue weighted by Crippen LogP contribution is -2.39. The molecule has 2 fully saturated rings. The van der Waals surface area contributed by atoms with Gasteiger partial charge in [0.05, 0.1) is 41.3 Å². The lowest BCUT2D eigenvalue weighted by molar-refractivity contribution is -0.123. The van der Waals surface area contributed by atoms with Crippen LogP contribution >= 0.6 is 11.6 Å². The predicted octanol–water partition coefficient (Wildman–Crippen LogP) is 1.71. The van der Waals surface area contributed by atoms with Gasteiger partial charge in [0.2, 0.25) is 15.9 Å². The number of amides is 2. The number of primary amides is 1. The molecular weight excluding hydrogens is 546 g/mol. The molecule has 0 spiro atoms. The van der Waals surface area contributed by atoms with Crippen molar-refractivity contribution in [3.8, 4) is 0 Å². The number of hydrogen-bond donors (Lipinski definition) is 3. The molecule has 39 heavy (non-hydrogen) atoms. The summed E-state index contributed by atoms with van der Waals surface area (Å²) in [5, 5.41) is 15.3. The minimum Gasteiger partial charge on any atom is -0.390 e. The summed E-state index contributed by atoms with van der Waals surface area (Å²) in [6.45, 7) is 2.86. The number of hydrogen-bond acceptors (Lipinski definition) is 8. The van der Waals surface area contributed by atoms with E-state index in [1.807, 2.05) is 24.1 Å². The van der Waals surface area contributed by atoms with Gasteiger partial charge in [0.1, 0.15) is 5.82 Å². The number of nitrogens with two attached hydrogens (primary N) is 1. The Bertz CT molecular complexity index is 1560. The fraction of sp³-hybridized carbons (Fsp3) is 0.440. The Kier molecular flexibility index (Phi) is 7.16. The van der Waals surface area contributed by atoms with Gasteiger partial charge in [0.25, 0.3) is 5.91 Å². The zero-order valence-electron chi connectivity index (χ0n) is 21.5. The van der Waals surface area contributed by atoms with E-state index in [9.17, 15) is 23.1 Å². The number of β-amino-alcohol motifs (C(OH)–C–C–N with tert-alkyl or cyclic N) is 1. The number of fused-ring (bicyclic) bond motifs is 1. The molecule has 2 aliphatic rings. The van der Waals surface area contributed by atoms with Crippen LogP contribution in [0.15, 0.2) is 30.5 Å². The third-order valence-corrected chi connectivity index (χ3v) is 8.02. The van der Waals surface area contributed by atoms with Crippen molar-refractivity contribution in [2.75, 3.05) is 35.5 Å². The number of piperidine rings is 1. The molecule has 4 N–H and O–H groups in total. The largest absolute Gasteiger partial charge is 0.390 e. The number of aromatic nitrogens is 3. The van der Waals surface area contributed by atoms with Crippen molar-refractivity contribution in [2.45, 2.75) is 38.3 Å². The van der Waals surface area contributed by atoms with Gasteiger partial charge in [0, 0.05) is 42.5 Å². The van der Waals surface area contributed by atoms with Crippen molar-refractivity contribution in [3.05, 3.63) is 52.3 Å². The molecule has 3 atom stereocenters. The maximum atomic E-state index is 13.8. The molecule has 5 rings (SSSR count). The first-order valence-electron chi connectivity index (χ1n) is 12.6. The van der Waals surface area contributed by atoms with Crippen LogP contribution in [-0.2, 0) is 14.8 Å². The third kappa shape index (κ3) is 5.52. The van der Waals surface area contributed by atoms with Crippen molar-refractivity contribution >= 4 is 50.6 Å². The Morgan fingerprint density at radius 3 is 2.67 bits per heavy atom. The van der Waals surface area contributed by atoms with Crippen molar-refractivity contribution in [1.29, 1.82) is 0 Å². The number of rotatable bonds is 6. The average Bonchev–Trinajstić information content (AvgIpc) is 3.46. The van der Waals surface area contributed by atoms with E-state index in [1.165, 1.54) is 18.2 Å². The Labute approximate surface area is 230 Å². The van der Waals surface area contributed by atoms with Crippen LogP contribution in [0.25, 0.3) is 5.65 Å². The zero-order valence-corrected chi connectivity index (χ0v) is 23.1. The topological polar surface area (TPSA) is 163 Å². The molecule has 0 bridgehead atoms. The summed E-state index contributed by atoms with van der Waals surface area (Å²) < 4.78 is 27.9. The molecular formula is C25H30ClN7O5S. The summed E-state index contributed by atoms with van der Waals surface area (Å²) in [5.41, 5.74) is 7.78. The lowest BCUT2D eigenvalue weighted by Gasteiger charge is -2.35. The Balaban J connectivity index is 1.47. The molecule has 0 radical (unpaired) electrons. The van der Waals surface area contributed by atoms with E-state index < -0.39 is 28.0 Å². The van der Waals surface area contributed by atoms with Gasteiger partial charge < -0.3 is 20.6 Å². The number of carbonyl (C=O) groups is 2. The summed E-state index contributed by atoms with van der Waals surface area (Å²) in [5.74, 6) is -0.937. The number of nitrogens with one attached hydrogen (secondary N) is 1. The first-order valence-corrected chi connectivity index (χ1v) is 14.9. The summed E-state index contributed by atoms with van der Waals surface area (Å²) in [7, 11) is -3.62. The number of sulfonamides is 1. The van der Waals surface area contributed by atoms with Gasteiger partial charge in [0.15, 0.2) is 5.65 Å². The molecule has 208 valence electrons. The van der Waals surface area contributed by atoms with Crippen LogP contribution in [0, 0.1) is 12.8 Å². The van der Waals surface area contributed by atoms with E-state index in [-0.39, 0.29) is 36.3 Å². The van der Waals surface area contributed by atoms with Crippen LogP contribution in [0.5, 0.6) is 0 Å². The van der Waals surface area contributed by atoms with Crippen LogP contribution in [-0.4, -0.2) is 76.8 Å². The molecule has 1 aromatic carbocycles. The molecule has 2 aromatic heterocycles. The van der Waals surface area contributed by atoms with E-state index in [0.29, 0.717) is 35.1 Å². The number of carbonyl (C=O) groups excluding carboxylic acids is 2. The van der Waals surface area contributed by atoms with E-state index in [4.69, 9.17) is 27.4 Å². The van der Waals surface area contributed by atoms with Gasteiger partial charge in [-0.25, -0.2) is 17.9 Å². The second-order valence-corrected chi connectivity index (χ2v) is 12.4. The Hall–Kier alpha value is -3.42. The Morgan fingerprint density at radius 1 is 1.21 bits per heavy atom. The monoisotopic (exact) mass is 575 g/mol. The first kappa shape index (κ1) is 27.2. The van der Waals surface area contributed by atoms with E-state index >= 15 is 0 Å². The van der Waals surface area contributed by atoms with Crippen LogP contribution in [0.4, 0.5) is 11.5 Å². The van der Waals surface area contributed by atoms with Gasteiger partial charge in [-0.1, -0.05) is 11.6 Å². The van der Waals surface area contributed by atoms with Crippen LogP contribution in [0.1, 0.15) is 46.9 Å². The fourth-order valence-electron chi connectivity index (χ4n) is 5.36. The van der Waals surface area contributed by atoms with Gasteiger partial charge in [-0.3, -0.25) is 14.3 Å².